The summed E-state index contributed by atoms with van der Waals surface area (Å²) >= 11 is 0. The molecule has 1 saturated carbocycles. The maximum Gasteiger partial charge on any atom is 0.472 e. The van der Waals surface area contributed by atoms with Gasteiger partial charge in [0, 0.05) is 12.8 Å². The van der Waals surface area contributed by atoms with Gasteiger partial charge in [-0.3, -0.25) is 27.7 Å². The molecule has 8 unspecified atom stereocenters. The summed E-state index contributed by atoms with van der Waals surface area (Å²) in [6.45, 7) is 2.81. The van der Waals surface area contributed by atoms with E-state index >= 15 is 0 Å². The number of allylic oxidation sites excluding steroid dienone is 8. The van der Waals surface area contributed by atoms with Gasteiger partial charge in [0.15, 0.2) is 6.10 Å². The summed E-state index contributed by atoms with van der Waals surface area (Å²) in [7, 11) is -16.6. The zero-order valence-corrected chi connectivity index (χ0v) is 42.1. The predicted octanol–water partition coefficient (Wildman–Crippen LogP) is 8.62. The summed E-state index contributed by atoms with van der Waals surface area (Å²) in [4.78, 5) is 73.2. The molecule has 0 spiro atoms. The molecule has 0 aromatic carbocycles. The van der Waals surface area contributed by atoms with Crippen LogP contribution in [0.4, 0.5) is 0 Å². The minimum absolute atomic E-state index is 0.00639. The highest BCUT2D eigenvalue weighted by molar-refractivity contribution is 7.47. The Bertz CT molecular complexity index is 1590. The third-order valence-electron chi connectivity index (χ3n) is 10.7. The molecule has 0 saturated heterocycles. The Morgan fingerprint density at radius 3 is 1.40 bits per heavy atom. The number of esters is 2. The Balaban J connectivity index is 2.74. The largest absolute Gasteiger partial charge is 0.472 e. The number of carbonyl (C=O) groups is 2. The first kappa shape index (κ1) is 63.1. The standard InChI is InChI=1S/C45H81O19P3/c1-3-5-7-9-11-13-15-17-18-19-20-22-23-25-27-29-31-33-38(46)59-35-37(61-39(47)34-32-30-28-26-24-21-16-14-12-10-8-6-4-2)36-60-67(57,58)64-43-40(48)41(49)44(62-65(51,52)53)45(42(43)50)63-66(54,55)56/h5,7,11,13,17-18,20,22,37,40-45,48-50H,3-4,6,8-10,12,14-16,19,21,23-36H2,1-2H3,(H,57,58)(H2,51,52,53)(H2,54,55,56). The van der Waals surface area contributed by atoms with Gasteiger partial charge >= 0.3 is 35.4 Å². The van der Waals surface area contributed by atoms with Gasteiger partial charge in [0.05, 0.1) is 6.61 Å². The number of hydrogen-bond acceptors (Lipinski definition) is 14. The third kappa shape index (κ3) is 33.4. The van der Waals surface area contributed by atoms with Crippen LogP contribution in [0.25, 0.3) is 0 Å². The molecule has 8 atom stereocenters. The summed E-state index contributed by atoms with van der Waals surface area (Å²) in [5, 5.41) is 31.9. The molecule has 1 fully saturated rings. The van der Waals surface area contributed by atoms with Crippen LogP contribution in [0.3, 0.4) is 0 Å². The van der Waals surface area contributed by atoms with Crippen LogP contribution in [0.1, 0.15) is 168 Å². The lowest BCUT2D eigenvalue weighted by molar-refractivity contribution is -0.213. The van der Waals surface area contributed by atoms with Crippen molar-refractivity contribution in [3.63, 3.8) is 0 Å². The van der Waals surface area contributed by atoms with Crippen LogP contribution in [-0.4, -0.2) is 108 Å². The molecule has 0 amide bonds. The van der Waals surface area contributed by atoms with Gasteiger partial charge in [0.2, 0.25) is 0 Å². The highest BCUT2D eigenvalue weighted by Crippen LogP contribution is 2.51. The van der Waals surface area contributed by atoms with E-state index in [9.17, 15) is 63.1 Å². The quantitative estimate of drug-likeness (QED) is 0.0123. The maximum atomic E-state index is 13.1. The van der Waals surface area contributed by atoms with Crippen LogP contribution in [0.15, 0.2) is 48.6 Å². The van der Waals surface area contributed by atoms with E-state index in [1.807, 2.05) is 0 Å². The SMILES string of the molecule is CCC=CCC=CCC=CCC=CCCCCCCC(=O)OCC(COP(=O)(O)OC1C(O)C(O)C(OP(=O)(O)O)C(OP(=O)(O)O)C1O)OC(=O)CCCCCCCCCCCCCCC. The van der Waals surface area contributed by atoms with Crippen molar-refractivity contribution in [1.82, 2.24) is 0 Å². The molecule has 0 radical (unpaired) electrons. The van der Waals surface area contributed by atoms with Gasteiger partial charge in [-0.15, -0.1) is 0 Å². The Kier molecular flexibility index (Phi) is 34.8. The highest BCUT2D eigenvalue weighted by atomic mass is 31.2. The normalized spacial score (nSPS) is 22.0. The number of phosphoric ester groups is 3. The van der Waals surface area contributed by atoms with Crippen molar-refractivity contribution in [2.75, 3.05) is 13.2 Å². The molecule has 0 heterocycles. The maximum absolute atomic E-state index is 13.1. The third-order valence-corrected chi connectivity index (χ3v) is 12.7. The average molecular weight is 1020 g/mol. The van der Waals surface area contributed by atoms with Gasteiger partial charge in [-0.25, -0.2) is 13.7 Å². The number of carbonyl (C=O) groups excluding carboxylic acids is 2. The smallest absolute Gasteiger partial charge is 0.462 e. The molecule has 22 heteroatoms. The van der Waals surface area contributed by atoms with E-state index in [1.165, 1.54) is 44.9 Å². The van der Waals surface area contributed by atoms with Crippen molar-refractivity contribution < 1.29 is 90.6 Å². The number of hydrogen-bond donors (Lipinski definition) is 8. The zero-order valence-electron chi connectivity index (χ0n) is 39.5. The monoisotopic (exact) mass is 1020 g/mol. The van der Waals surface area contributed by atoms with E-state index in [0.29, 0.717) is 12.8 Å². The predicted molar refractivity (Wildman–Crippen MR) is 252 cm³/mol. The van der Waals surface area contributed by atoms with Gasteiger partial charge in [-0.2, -0.15) is 0 Å². The van der Waals surface area contributed by atoms with Crippen molar-refractivity contribution in [2.45, 2.75) is 211 Å². The molecule has 1 aliphatic carbocycles. The topological polar surface area (TPSA) is 303 Å². The van der Waals surface area contributed by atoms with Crippen molar-refractivity contribution >= 4 is 35.4 Å². The van der Waals surface area contributed by atoms with Crippen LogP contribution < -0.4 is 0 Å². The highest BCUT2D eigenvalue weighted by Gasteiger charge is 2.56. The summed E-state index contributed by atoms with van der Waals surface area (Å²) in [6, 6.07) is 0. The number of unbranched alkanes of at least 4 members (excludes halogenated alkanes) is 16. The Morgan fingerprint density at radius 1 is 0.493 bits per heavy atom. The molecule has 67 heavy (non-hydrogen) atoms. The molecular weight excluding hydrogens is 937 g/mol. The summed E-state index contributed by atoms with van der Waals surface area (Å²) < 4.78 is 65.4. The van der Waals surface area contributed by atoms with E-state index < -0.39 is 91.3 Å². The fraction of sp³-hybridized carbons (Fsp3) is 0.778. The van der Waals surface area contributed by atoms with E-state index in [-0.39, 0.29) is 12.8 Å². The van der Waals surface area contributed by atoms with E-state index in [2.05, 4.69) is 71.5 Å². The Morgan fingerprint density at radius 2 is 0.910 bits per heavy atom. The summed E-state index contributed by atoms with van der Waals surface area (Å²) in [5.74, 6) is -1.32. The lowest BCUT2D eigenvalue weighted by atomic mass is 9.85. The van der Waals surface area contributed by atoms with Crippen molar-refractivity contribution in [3.8, 4) is 0 Å². The molecule has 0 bridgehead atoms. The van der Waals surface area contributed by atoms with E-state index in [0.717, 1.165) is 83.5 Å². The second-order valence-corrected chi connectivity index (χ2v) is 20.5. The Hall–Kier alpha value is -1.89. The molecule has 0 aromatic heterocycles. The number of rotatable bonds is 40. The van der Waals surface area contributed by atoms with Gasteiger partial charge < -0.3 is 49.3 Å². The average Bonchev–Trinajstić information content (AvgIpc) is 3.25. The fourth-order valence-corrected chi connectivity index (χ4v) is 9.20. The molecule has 19 nitrogen and oxygen atoms in total. The number of phosphoric acid groups is 3. The van der Waals surface area contributed by atoms with Crippen molar-refractivity contribution in [1.29, 1.82) is 0 Å². The fourth-order valence-electron chi connectivity index (χ4n) is 7.10. The van der Waals surface area contributed by atoms with Crippen molar-refractivity contribution in [2.24, 2.45) is 0 Å². The second-order valence-electron chi connectivity index (χ2n) is 16.7. The van der Waals surface area contributed by atoms with E-state index in [1.54, 1.807) is 0 Å². The van der Waals surface area contributed by atoms with Gasteiger partial charge in [0.25, 0.3) is 0 Å². The van der Waals surface area contributed by atoms with Gasteiger partial charge in [0.1, 0.15) is 43.2 Å². The summed E-state index contributed by atoms with van der Waals surface area (Å²) in [5.41, 5.74) is 0. The zero-order chi connectivity index (χ0) is 50.0. The number of aliphatic hydroxyl groups excluding tert-OH is 3. The minimum atomic E-state index is -5.60. The molecular formula is C45H81O19P3. The Labute approximate surface area is 397 Å². The first-order valence-electron chi connectivity index (χ1n) is 23.9. The van der Waals surface area contributed by atoms with Crippen LogP contribution in [0, 0.1) is 0 Å². The van der Waals surface area contributed by atoms with Gasteiger partial charge in [-0.05, 0) is 51.4 Å². The summed E-state index contributed by atoms with van der Waals surface area (Å²) in [6.07, 6.45) is 22.7. The van der Waals surface area contributed by atoms with Crippen LogP contribution in [0.2, 0.25) is 0 Å². The molecule has 1 rings (SSSR count). The molecule has 8 N–H and O–H groups in total. The lowest BCUT2D eigenvalue weighted by Crippen LogP contribution is -2.65. The lowest BCUT2D eigenvalue weighted by Gasteiger charge is -2.44. The van der Waals surface area contributed by atoms with E-state index in [4.69, 9.17) is 18.5 Å². The number of aliphatic hydroxyl groups is 3. The molecule has 0 aromatic rings. The number of ether oxygens (including phenoxy) is 2. The van der Waals surface area contributed by atoms with Gasteiger partial charge in [-0.1, -0.05) is 152 Å². The molecule has 1 aliphatic rings. The first-order chi connectivity index (χ1) is 31.8. The first-order valence-corrected chi connectivity index (χ1v) is 28.5. The van der Waals surface area contributed by atoms with Crippen LogP contribution in [0.5, 0.6) is 0 Å². The van der Waals surface area contributed by atoms with Crippen LogP contribution >= 0.6 is 23.5 Å². The molecule has 390 valence electrons. The molecule has 0 aliphatic heterocycles. The van der Waals surface area contributed by atoms with Crippen molar-refractivity contribution in [3.05, 3.63) is 48.6 Å². The van der Waals surface area contributed by atoms with Crippen LogP contribution in [-0.2, 0) is 50.9 Å². The second kappa shape index (κ2) is 37.0. The minimum Gasteiger partial charge on any atom is -0.462 e.